The average molecular weight is 252 g/mol. The van der Waals surface area contributed by atoms with Crippen LogP contribution in [0.1, 0.15) is 18.1 Å². The Labute approximate surface area is 102 Å². The molecule has 0 amide bonds. The molecule has 0 saturated carbocycles. The van der Waals surface area contributed by atoms with Crippen molar-refractivity contribution in [2.24, 2.45) is 0 Å². The van der Waals surface area contributed by atoms with Gasteiger partial charge in [-0.25, -0.2) is 8.42 Å². The van der Waals surface area contributed by atoms with Gasteiger partial charge in [-0.05, 0) is 18.6 Å². The maximum atomic E-state index is 11.3. The Balaban J connectivity index is 2.72. The molecule has 0 saturated heterocycles. The van der Waals surface area contributed by atoms with Crippen molar-refractivity contribution in [1.29, 1.82) is 5.26 Å². The van der Waals surface area contributed by atoms with E-state index in [4.69, 9.17) is 5.26 Å². The number of aryl methyl sites for hydroxylation is 1. The monoisotopic (exact) mass is 252 g/mol. The number of anilines is 1. The molecule has 0 aromatic heterocycles. The van der Waals surface area contributed by atoms with Crippen LogP contribution in [-0.2, 0) is 9.84 Å². The molecule has 1 aromatic carbocycles. The van der Waals surface area contributed by atoms with Crippen LogP contribution in [0, 0.1) is 18.3 Å². The lowest BCUT2D eigenvalue weighted by Crippen LogP contribution is -2.17. The highest BCUT2D eigenvalue weighted by molar-refractivity contribution is 7.91. The van der Waals surface area contributed by atoms with Gasteiger partial charge in [0.15, 0.2) is 9.84 Å². The lowest BCUT2D eigenvalue weighted by atomic mass is 10.1. The molecule has 0 fully saturated rings. The van der Waals surface area contributed by atoms with Gasteiger partial charge in [0.25, 0.3) is 0 Å². The third-order valence-electron chi connectivity index (χ3n) is 2.55. The first-order valence-electron chi connectivity index (χ1n) is 5.44. The second-order valence-electron chi connectivity index (χ2n) is 3.77. The summed E-state index contributed by atoms with van der Waals surface area (Å²) in [7, 11) is -2.96. The number of hydrogen-bond acceptors (Lipinski definition) is 4. The minimum Gasteiger partial charge on any atom is -0.383 e. The van der Waals surface area contributed by atoms with Gasteiger partial charge in [0.1, 0.15) is 6.07 Å². The molecule has 0 aliphatic heterocycles. The van der Waals surface area contributed by atoms with Crippen molar-refractivity contribution < 1.29 is 8.42 Å². The van der Waals surface area contributed by atoms with Crippen molar-refractivity contribution in [1.82, 2.24) is 0 Å². The van der Waals surface area contributed by atoms with Crippen LogP contribution in [-0.4, -0.2) is 26.5 Å². The Bertz CT molecular complexity index is 530. The summed E-state index contributed by atoms with van der Waals surface area (Å²) in [5, 5.41) is 12.0. The van der Waals surface area contributed by atoms with Crippen LogP contribution in [0.5, 0.6) is 0 Å². The number of nitrogens with zero attached hydrogens (tertiary/aromatic N) is 1. The Morgan fingerprint density at radius 3 is 2.71 bits per heavy atom. The third-order valence-corrected chi connectivity index (χ3v) is 4.26. The zero-order valence-corrected chi connectivity index (χ0v) is 10.8. The van der Waals surface area contributed by atoms with Crippen LogP contribution in [0.25, 0.3) is 0 Å². The molecule has 92 valence electrons. The molecule has 1 aromatic rings. The van der Waals surface area contributed by atoms with E-state index in [1.165, 1.54) is 0 Å². The molecule has 0 atom stereocenters. The predicted octanol–water partition coefficient (Wildman–Crippen LogP) is 1.71. The van der Waals surface area contributed by atoms with Crippen molar-refractivity contribution in [2.75, 3.05) is 23.4 Å². The van der Waals surface area contributed by atoms with Crippen molar-refractivity contribution in [3.63, 3.8) is 0 Å². The summed E-state index contributed by atoms with van der Waals surface area (Å²) in [5.41, 5.74) is 2.15. The first-order chi connectivity index (χ1) is 8.00. The van der Waals surface area contributed by atoms with E-state index in [9.17, 15) is 8.42 Å². The van der Waals surface area contributed by atoms with Gasteiger partial charge in [0.05, 0.1) is 17.0 Å². The summed E-state index contributed by atoms with van der Waals surface area (Å²) >= 11 is 0. The van der Waals surface area contributed by atoms with E-state index >= 15 is 0 Å². The van der Waals surface area contributed by atoms with Gasteiger partial charge in [-0.1, -0.05) is 19.1 Å². The largest absolute Gasteiger partial charge is 0.383 e. The Kier molecular flexibility index (Phi) is 4.53. The number of sulfone groups is 1. The Hall–Kier alpha value is -1.54. The van der Waals surface area contributed by atoms with Gasteiger partial charge in [-0.2, -0.15) is 5.26 Å². The molecule has 1 N–H and O–H groups in total. The third kappa shape index (κ3) is 3.75. The highest BCUT2D eigenvalue weighted by atomic mass is 32.2. The molecule has 1 rings (SSSR count). The molecule has 0 radical (unpaired) electrons. The van der Waals surface area contributed by atoms with Crippen LogP contribution in [0.3, 0.4) is 0 Å². The van der Waals surface area contributed by atoms with E-state index in [0.717, 1.165) is 5.56 Å². The summed E-state index contributed by atoms with van der Waals surface area (Å²) in [4.78, 5) is 0. The molecule has 0 aliphatic carbocycles. The average Bonchev–Trinajstić information content (AvgIpc) is 2.29. The second kappa shape index (κ2) is 5.69. The lowest BCUT2D eigenvalue weighted by molar-refractivity contribution is 0.597. The Morgan fingerprint density at radius 1 is 1.41 bits per heavy atom. The molecular weight excluding hydrogens is 236 g/mol. The van der Waals surface area contributed by atoms with E-state index in [1.807, 2.05) is 19.1 Å². The van der Waals surface area contributed by atoms with Crippen molar-refractivity contribution >= 4 is 15.5 Å². The summed E-state index contributed by atoms with van der Waals surface area (Å²) < 4.78 is 22.6. The number of nitriles is 1. The maximum absolute atomic E-state index is 11.3. The molecule has 0 aliphatic rings. The Morgan fingerprint density at radius 2 is 2.12 bits per heavy atom. The standard InChI is InChI=1S/C12H16N2O2S/c1-3-17(15,16)8-7-14-12-6-4-5-10(2)11(12)9-13/h4-6,14H,3,7-8H2,1-2H3. The summed E-state index contributed by atoms with van der Waals surface area (Å²) in [6, 6.07) is 7.59. The SMILES string of the molecule is CCS(=O)(=O)CCNc1cccc(C)c1C#N. The van der Waals surface area contributed by atoms with Crippen LogP contribution in [0.4, 0.5) is 5.69 Å². The maximum Gasteiger partial charge on any atom is 0.151 e. The van der Waals surface area contributed by atoms with Gasteiger partial charge in [0, 0.05) is 12.3 Å². The molecule has 0 heterocycles. The van der Waals surface area contributed by atoms with Crippen molar-refractivity contribution in [3.05, 3.63) is 29.3 Å². The van der Waals surface area contributed by atoms with Gasteiger partial charge in [-0.15, -0.1) is 0 Å². The van der Waals surface area contributed by atoms with Crippen molar-refractivity contribution in [3.8, 4) is 6.07 Å². The highest BCUT2D eigenvalue weighted by Gasteiger charge is 2.08. The number of benzene rings is 1. The van der Waals surface area contributed by atoms with E-state index in [-0.39, 0.29) is 11.5 Å². The first-order valence-corrected chi connectivity index (χ1v) is 7.26. The number of nitrogens with one attached hydrogen (secondary N) is 1. The predicted molar refractivity (Wildman–Crippen MR) is 68.7 cm³/mol. The van der Waals surface area contributed by atoms with Crippen LogP contribution >= 0.6 is 0 Å². The first kappa shape index (κ1) is 13.5. The quantitative estimate of drug-likeness (QED) is 0.866. The minimum atomic E-state index is -2.96. The van der Waals surface area contributed by atoms with Gasteiger partial charge < -0.3 is 5.32 Å². The topological polar surface area (TPSA) is 70.0 Å². The zero-order chi connectivity index (χ0) is 12.9. The van der Waals surface area contributed by atoms with Crippen LogP contribution < -0.4 is 5.32 Å². The molecule has 0 bridgehead atoms. The highest BCUT2D eigenvalue weighted by Crippen LogP contribution is 2.17. The van der Waals surface area contributed by atoms with Crippen LogP contribution in [0.15, 0.2) is 18.2 Å². The number of hydrogen-bond donors (Lipinski definition) is 1. The fourth-order valence-corrected chi connectivity index (χ4v) is 2.15. The lowest BCUT2D eigenvalue weighted by Gasteiger charge is -2.09. The van der Waals surface area contributed by atoms with Gasteiger partial charge >= 0.3 is 0 Å². The summed E-state index contributed by atoms with van der Waals surface area (Å²) in [6.07, 6.45) is 0. The zero-order valence-electron chi connectivity index (χ0n) is 10.0. The smallest absolute Gasteiger partial charge is 0.151 e. The van der Waals surface area contributed by atoms with E-state index in [1.54, 1.807) is 13.0 Å². The van der Waals surface area contributed by atoms with Crippen molar-refractivity contribution in [2.45, 2.75) is 13.8 Å². The fraction of sp³-hybridized carbons (Fsp3) is 0.417. The molecule has 5 heteroatoms. The fourth-order valence-electron chi connectivity index (χ4n) is 1.45. The molecule has 0 spiro atoms. The normalized spacial score (nSPS) is 10.9. The van der Waals surface area contributed by atoms with E-state index in [0.29, 0.717) is 17.8 Å². The number of rotatable bonds is 5. The van der Waals surface area contributed by atoms with Gasteiger partial charge in [-0.3, -0.25) is 0 Å². The second-order valence-corrected chi connectivity index (χ2v) is 6.25. The molecule has 0 unspecified atom stereocenters. The minimum absolute atomic E-state index is 0.0856. The molecular formula is C12H16N2O2S. The summed E-state index contributed by atoms with van der Waals surface area (Å²) in [6.45, 7) is 3.81. The summed E-state index contributed by atoms with van der Waals surface area (Å²) in [5.74, 6) is 0.232. The van der Waals surface area contributed by atoms with E-state index < -0.39 is 9.84 Å². The molecule has 17 heavy (non-hydrogen) atoms. The molecule has 4 nitrogen and oxygen atoms in total. The van der Waals surface area contributed by atoms with E-state index in [2.05, 4.69) is 11.4 Å². The van der Waals surface area contributed by atoms with Gasteiger partial charge in [0.2, 0.25) is 0 Å². The van der Waals surface area contributed by atoms with Crippen LogP contribution in [0.2, 0.25) is 0 Å².